The Labute approximate surface area is 325 Å². The number of nitrogens with zero attached hydrogens (tertiary/aromatic N) is 3. The summed E-state index contributed by atoms with van der Waals surface area (Å²) in [5.74, 6) is 1.31. The molecule has 11 nitrogen and oxygen atoms in total. The fraction of sp³-hybridized carbons (Fsp3) is 0.860. The SMILES string of the molecule is CCC1O[C@@H](OCc2ccccc2)C(O[C@@H]2OC(CC)[C@H](C)[C@H](O[C@@H]3OC(CC)[C@H](C)[C@H](O[C@@H]4OC(CN=[N+]=[N-])[C@H](C)[C@H](C)C4C)C3C)C2C)[C@@H](C)[C@H]1C. The van der Waals surface area contributed by atoms with Crippen molar-refractivity contribution in [3.05, 3.63) is 46.3 Å². The molecule has 306 valence electrons. The van der Waals surface area contributed by atoms with Crippen molar-refractivity contribution >= 4 is 0 Å². The van der Waals surface area contributed by atoms with Gasteiger partial charge in [-0.2, -0.15) is 0 Å². The zero-order valence-corrected chi connectivity index (χ0v) is 35.1. The third-order valence-electron chi connectivity index (χ3n) is 13.9. The van der Waals surface area contributed by atoms with Crippen molar-refractivity contribution in [3.63, 3.8) is 0 Å². The maximum absolute atomic E-state index is 9.02. The Morgan fingerprint density at radius 3 is 1.48 bits per heavy atom. The van der Waals surface area contributed by atoms with Crippen molar-refractivity contribution in [2.24, 2.45) is 58.4 Å². The highest BCUT2D eigenvalue weighted by molar-refractivity contribution is 5.13. The maximum atomic E-state index is 9.02. The molecule has 20 atom stereocenters. The fourth-order valence-electron chi connectivity index (χ4n) is 9.51. The van der Waals surface area contributed by atoms with E-state index in [0.717, 1.165) is 24.8 Å². The number of hydrogen-bond donors (Lipinski definition) is 0. The second kappa shape index (κ2) is 19.6. The van der Waals surface area contributed by atoms with E-state index in [0.29, 0.717) is 25.0 Å². The highest BCUT2D eigenvalue weighted by Gasteiger charge is 2.51. The van der Waals surface area contributed by atoms with Crippen LogP contribution in [0.4, 0.5) is 0 Å². The number of hydrogen-bond acceptors (Lipinski definition) is 9. The van der Waals surface area contributed by atoms with Crippen LogP contribution in [-0.2, 0) is 44.5 Å². The van der Waals surface area contributed by atoms with Gasteiger partial charge in [0.2, 0.25) is 0 Å². The van der Waals surface area contributed by atoms with Crippen LogP contribution in [0.15, 0.2) is 35.4 Å². The molecule has 0 aliphatic carbocycles. The van der Waals surface area contributed by atoms with Crippen molar-refractivity contribution in [2.45, 2.75) is 177 Å². The predicted octanol–water partition coefficient (Wildman–Crippen LogP) is 9.52. The molecule has 0 N–H and O–H groups in total. The third-order valence-corrected chi connectivity index (χ3v) is 13.9. The lowest BCUT2D eigenvalue weighted by Gasteiger charge is -2.52. The topological polar surface area (TPSA) is 123 Å². The fourth-order valence-corrected chi connectivity index (χ4v) is 9.51. The molecule has 0 radical (unpaired) electrons. The summed E-state index contributed by atoms with van der Waals surface area (Å²) >= 11 is 0. The van der Waals surface area contributed by atoms with Crippen molar-refractivity contribution in [3.8, 4) is 0 Å². The van der Waals surface area contributed by atoms with E-state index in [1.54, 1.807) is 0 Å². The van der Waals surface area contributed by atoms with E-state index in [-0.39, 0.29) is 84.2 Å². The van der Waals surface area contributed by atoms with Gasteiger partial charge in [0.25, 0.3) is 0 Å². The van der Waals surface area contributed by atoms with Gasteiger partial charge in [-0.15, -0.1) is 0 Å². The van der Waals surface area contributed by atoms with E-state index in [4.69, 9.17) is 43.4 Å². The van der Waals surface area contributed by atoms with Crippen LogP contribution in [0.1, 0.15) is 108 Å². The normalized spacial score (nSPS) is 45.8. The van der Waals surface area contributed by atoms with Gasteiger partial charge in [0.05, 0.1) is 49.8 Å². The number of benzene rings is 1. The molecular formula is C43H71N3O8. The van der Waals surface area contributed by atoms with Crippen molar-refractivity contribution in [2.75, 3.05) is 6.54 Å². The van der Waals surface area contributed by atoms with Gasteiger partial charge in [0, 0.05) is 34.5 Å². The summed E-state index contributed by atoms with van der Waals surface area (Å²) in [6.45, 7) is 27.1. The van der Waals surface area contributed by atoms with E-state index in [9.17, 15) is 0 Å². The molecule has 11 heteroatoms. The van der Waals surface area contributed by atoms with Crippen LogP contribution in [0.5, 0.6) is 0 Å². The number of azide groups is 1. The summed E-state index contributed by atoms with van der Waals surface area (Å²) in [5, 5.41) is 3.86. The van der Waals surface area contributed by atoms with Crippen molar-refractivity contribution in [1.29, 1.82) is 0 Å². The minimum atomic E-state index is -0.524. The third kappa shape index (κ3) is 9.49. The van der Waals surface area contributed by atoms with Crippen LogP contribution >= 0.6 is 0 Å². The van der Waals surface area contributed by atoms with Crippen LogP contribution in [0.2, 0.25) is 0 Å². The summed E-state index contributed by atoms with van der Waals surface area (Å²) in [7, 11) is 0. The van der Waals surface area contributed by atoms with Gasteiger partial charge in [-0.05, 0) is 54.0 Å². The number of ether oxygens (including phenoxy) is 8. The molecule has 1 aromatic rings. The smallest absolute Gasteiger partial charge is 0.184 e. The number of rotatable bonds is 14. The molecule has 4 fully saturated rings. The summed E-state index contributed by atoms with van der Waals surface area (Å²) in [6.07, 6.45) is -0.223. The maximum Gasteiger partial charge on any atom is 0.184 e. The second-order valence-corrected chi connectivity index (χ2v) is 17.1. The van der Waals surface area contributed by atoms with E-state index in [2.05, 4.69) is 105 Å². The highest BCUT2D eigenvalue weighted by Crippen LogP contribution is 2.44. The summed E-state index contributed by atoms with van der Waals surface area (Å²) in [4.78, 5) is 3.00. The first-order chi connectivity index (χ1) is 25.8. The molecule has 54 heavy (non-hydrogen) atoms. The predicted molar refractivity (Wildman–Crippen MR) is 208 cm³/mol. The first kappa shape index (κ1) is 43.3. The van der Waals surface area contributed by atoms with Gasteiger partial charge in [-0.1, -0.05) is 119 Å². The van der Waals surface area contributed by atoms with Crippen LogP contribution in [0.25, 0.3) is 10.4 Å². The molecule has 0 spiro atoms. The Balaban J connectivity index is 1.34. The summed E-state index contributed by atoms with van der Waals surface area (Å²) in [5.41, 5.74) is 10.1. The monoisotopic (exact) mass is 758 g/mol. The zero-order valence-electron chi connectivity index (χ0n) is 35.1. The Morgan fingerprint density at radius 1 is 0.519 bits per heavy atom. The molecular weight excluding hydrogens is 686 g/mol. The lowest BCUT2D eigenvalue weighted by molar-refractivity contribution is -0.364. The van der Waals surface area contributed by atoms with Crippen LogP contribution in [0, 0.1) is 53.3 Å². The van der Waals surface area contributed by atoms with E-state index < -0.39 is 25.2 Å². The molecule has 1 aromatic carbocycles. The zero-order chi connectivity index (χ0) is 39.3. The van der Waals surface area contributed by atoms with Gasteiger partial charge in [-0.3, -0.25) is 0 Å². The first-order valence-electron chi connectivity index (χ1n) is 21.1. The molecule has 8 unspecified atom stereocenters. The Morgan fingerprint density at radius 2 is 0.963 bits per heavy atom. The molecule has 0 aromatic heterocycles. The second-order valence-electron chi connectivity index (χ2n) is 17.1. The molecule has 4 heterocycles. The molecule has 0 amide bonds. The largest absolute Gasteiger partial charge is 0.349 e. The lowest BCUT2D eigenvalue weighted by Crippen LogP contribution is -2.59. The summed E-state index contributed by atoms with van der Waals surface area (Å²) in [6, 6.07) is 10.2. The lowest BCUT2D eigenvalue weighted by atomic mass is 9.78. The minimum Gasteiger partial charge on any atom is -0.349 e. The van der Waals surface area contributed by atoms with Gasteiger partial charge in [-0.25, -0.2) is 0 Å². The van der Waals surface area contributed by atoms with E-state index >= 15 is 0 Å². The molecule has 4 aliphatic heterocycles. The van der Waals surface area contributed by atoms with Gasteiger partial charge in [0.15, 0.2) is 25.2 Å². The average Bonchev–Trinajstić information content (AvgIpc) is 3.17. The van der Waals surface area contributed by atoms with E-state index in [1.165, 1.54) is 0 Å². The standard InChI is InChI=1S/C43H71N3O8/c1-13-33-25(6)26(7)39(43(50-33)47-22-32-19-17-16-18-20-32)54-42-31(12)38(29(10)35(15-3)49-42)53-41-30(11)37(28(9)34(14-2)48-41)52-40-27(8)23(4)24(5)36(51-40)21-45-46-44/h16-20,23-31,33-43H,13-15,21-22H2,1-12H3/t23-,24+,25+,26-,27?,28-,29-,30?,31?,33?,34?,35?,36?,37-,38-,39?,40-,41-,42-,43+/m0/s1. The Hall–Kier alpha value is -1.79. The molecule has 5 rings (SSSR count). The Bertz CT molecular complexity index is 1330. The molecule has 0 bridgehead atoms. The van der Waals surface area contributed by atoms with Crippen molar-refractivity contribution < 1.29 is 37.9 Å². The summed E-state index contributed by atoms with van der Waals surface area (Å²) < 4.78 is 54.4. The van der Waals surface area contributed by atoms with Crippen LogP contribution in [0.3, 0.4) is 0 Å². The molecule has 0 saturated carbocycles. The molecule has 4 saturated heterocycles. The van der Waals surface area contributed by atoms with E-state index in [1.807, 2.05) is 18.2 Å². The van der Waals surface area contributed by atoms with Gasteiger partial charge >= 0.3 is 0 Å². The van der Waals surface area contributed by atoms with Crippen LogP contribution in [-0.4, -0.2) is 74.4 Å². The minimum absolute atomic E-state index is 0.0411. The first-order valence-corrected chi connectivity index (χ1v) is 21.1. The van der Waals surface area contributed by atoms with Gasteiger partial charge < -0.3 is 37.9 Å². The molecule has 4 aliphatic rings. The quantitative estimate of drug-likeness (QED) is 0.105. The highest BCUT2D eigenvalue weighted by atomic mass is 16.7. The average molecular weight is 758 g/mol. The van der Waals surface area contributed by atoms with Crippen LogP contribution < -0.4 is 0 Å². The van der Waals surface area contributed by atoms with Gasteiger partial charge in [0.1, 0.15) is 6.10 Å². The van der Waals surface area contributed by atoms with Crippen molar-refractivity contribution in [1.82, 2.24) is 0 Å². The Kier molecular flexibility index (Phi) is 15.7.